The zero-order valence-electron chi connectivity index (χ0n) is 11.2. The first-order chi connectivity index (χ1) is 8.61. The smallest absolute Gasteiger partial charge is 0.219 e. The molecule has 0 aliphatic heterocycles. The molecule has 1 amide bonds. The van der Waals surface area contributed by atoms with Gasteiger partial charge in [-0.1, -0.05) is 0 Å². The van der Waals surface area contributed by atoms with E-state index in [1.807, 2.05) is 6.33 Å². The molecule has 1 N–H and O–H groups in total. The third kappa shape index (κ3) is 2.53. The van der Waals surface area contributed by atoms with Crippen molar-refractivity contribution in [3.8, 4) is 0 Å². The first-order valence-electron chi connectivity index (χ1n) is 6.24. The van der Waals surface area contributed by atoms with Gasteiger partial charge in [0.25, 0.3) is 0 Å². The summed E-state index contributed by atoms with van der Waals surface area (Å²) in [5, 5.41) is 2.63. The normalized spacial score (nSPS) is 10.8. The molecule has 4 heteroatoms. The second-order valence-corrected chi connectivity index (χ2v) is 4.64. The number of imidazole rings is 1. The highest BCUT2D eigenvalue weighted by Crippen LogP contribution is 2.18. The molecule has 0 saturated carbocycles. The number of amides is 1. The Morgan fingerprint density at radius 2 is 2.06 bits per heavy atom. The zero-order chi connectivity index (χ0) is 13.1. The second kappa shape index (κ2) is 5.21. The number of hydrogen-bond acceptors (Lipinski definition) is 2. The van der Waals surface area contributed by atoms with Gasteiger partial charge in [-0.3, -0.25) is 4.79 Å². The molecule has 0 spiro atoms. The van der Waals surface area contributed by atoms with Crippen LogP contribution in [0.1, 0.15) is 24.0 Å². The molecule has 4 nitrogen and oxygen atoms in total. The molecule has 18 heavy (non-hydrogen) atoms. The molecule has 96 valence electrons. The fourth-order valence-corrected chi connectivity index (χ4v) is 2.03. The summed E-state index contributed by atoms with van der Waals surface area (Å²) in [6.07, 6.45) is 3.24. The van der Waals surface area contributed by atoms with Crippen molar-refractivity contribution >= 4 is 16.9 Å². The van der Waals surface area contributed by atoms with Gasteiger partial charge in [0.1, 0.15) is 0 Å². The molecule has 0 aliphatic carbocycles. The Bertz CT molecular complexity index is 572. The number of nitrogens with one attached hydrogen (secondary N) is 1. The van der Waals surface area contributed by atoms with Gasteiger partial charge in [-0.15, -0.1) is 0 Å². The Labute approximate surface area is 107 Å². The van der Waals surface area contributed by atoms with E-state index in [0.29, 0.717) is 6.42 Å². The van der Waals surface area contributed by atoms with Crippen LogP contribution in [0.2, 0.25) is 0 Å². The monoisotopic (exact) mass is 245 g/mol. The lowest BCUT2D eigenvalue weighted by molar-refractivity contribution is -0.120. The largest absolute Gasteiger partial charge is 0.359 e. The molecule has 0 fully saturated rings. The van der Waals surface area contributed by atoms with Crippen LogP contribution in [0.3, 0.4) is 0 Å². The van der Waals surface area contributed by atoms with Crippen LogP contribution in [0.15, 0.2) is 18.5 Å². The number of rotatable bonds is 4. The fraction of sp³-hybridized carbons (Fsp3) is 0.429. The summed E-state index contributed by atoms with van der Waals surface area (Å²) >= 11 is 0. The van der Waals surface area contributed by atoms with Gasteiger partial charge in [0, 0.05) is 20.0 Å². The molecule has 0 saturated heterocycles. The molecule has 0 bridgehead atoms. The number of carbonyl (C=O) groups is 1. The summed E-state index contributed by atoms with van der Waals surface area (Å²) < 4.78 is 2.12. The molecule has 0 radical (unpaired) electrons. The lowest BCUT2D eigenvalue weighted by Gasteiger charge is -2.05. The van der Waals surface area contributed by atoms with Crippen molar-refractivity contribution in [1.29, 1.82) is 0 Å². The van der Waals surface area contributed by atoms with E-state index in [4.69, 9.17) is 0 Å². The Kier molecular flexibility index (Phi) is 3.65. The molecule has 1 heterocycles. The minimum atomic E-state index is 0.0893. The van der Waals surface area contributed by atoms with Crippen LogP contribution in [0.5, 0.6) is 0 Å². The van der Waals surface area contributed by atoms with E-state index in [0.717, 1.165) is 24.0 Å². The summed E-state index contributed by atoms with van der Waals surface area (Å²) in [7, 11) is 1.67. The molecule has 1 aromatic carbocycles. The second-order valence-electron chi connectivity index (χ2n) is 4.64. The molecule has 0 unspecified atom stereocenters. The van der Waals surface area contributed by atoms with E-state index < -0.39 is 0 Å². The maximum atomic E-state index is 11.2. The minimum Gasteiger partial charge on any atom is -0.359 e. The van der Waals surface area contributed by atoms with Crippen molar-refractivity contribution < 1.29 is 4.79 Å². The van der Waals surface area contributed by atoms with Crippen LogP contribution >= 0.6 is 0 Å². The van der Waals surface area contributed by atoms with Gasteiger partial charge in [0.2, 0.25) is 5.91 Å². The Morgan fingerprint density at radius 3 is 2.78 bits per heavy atom. The number of benzene rings is 1. The minimum absolute atomic E-state index is 0.0893. The van der Waals surface area contributed by atoms with Crippen LogP contribution in [-0.2, 0) is 11.3 Å². The number of hydrogen-bond donors (Lipinski definition) is 1. The van der Waals surface area contributed by atoms with E-state index in [9.17, 15) is 4.79 Å². The summed E-state index contributed by atoms with van der Waals surface area (Å²) in [6.45, 7) is 5.03. The SMILES string of the molecule is CNC(=O)CCCn1cnc2cc(C)c(C)cc21. The Morgan fingerprint density at radius 1 is 1.33 bits per heavy atom. The number of aryl methyl sites for hydroxylation is 3. The van der Waals surface area contributed by atoms with Crippen LogP contribution < -0.4 is 5.32 Å². The van der Waals surface area contributed by atoms with Crippen molar-refractivity contribution in [2.75, 3.05) is 7.05 Å². The van der Waals surface area contributed by atoms with E-state index in [2.05, 4.69) is 40.8 Å². The van der Waals surface area contributed by atoms with Gasteiger partial charge in [-0.2, -0.15) is 0 Å². The maximum absolute atomic E-state index is 11.2. The molecule has 0 aliphatic rings. The molecular formula is C14H19N3O. The van der Waals surface area contributed by atoms with E-state index >= 15 is 0 Å². The molecule has 0 atom stereocenters. The average Bonchev–Trinajstić information content (AvgIpc) is 2.72. The number of nitrogens with zero attached hydrogens (tertiary/aromatic N) is 2. The van der Waals surface area contributed by atoms with E-state index in [-0.39, 0.29) is 5.91 Å². The van der Waals surface area contributed by atoms with Crippen LogP contribution in [-0.4, -0.2) is 22.5 Å². The van der Waals surface area contributed by atoms with Crippen molar-refractivity contribution in [1.82, 2.24) is 14.9 Å². The van der Waals surface area contributed by atoms with Crippen molar-refractivity contribution in [2.24, 2.45) is 0 Å². The summed E-state index contributed by atoms with van der Waals surface area (Å²) in [5.74, 6) is 0.0893. The highest BCUT2D eigenvalue weighted by Gasteiger charge is 2.05. The third-order valence-corrected chi connectivity index (χ3v) is 3.32. The van der Waals surface area contributed by atoms with Gasteiger partial charge >= 0.3 is 0 Å². The first kappa shape index (κ1) is 12.6. The first-order valence-corrected chi connectivity index (χ1v) is 6.24. The van der Waals surface area contributed by atoms with Gasteiger partial charge < -0.3 is 9.88 Å². The summed E-state index contributed by atoms with van der Waals surface area (Å²) in [6, 6.07) is 4.28. The van der Waals surface area contributed by atoms with E-state index in [1.54, 1.807) is 7.05 Å². The summed E-state index contributed by atoms with van der Waals surface area (Å²) in [5.41, 5.74) is 4.71. The maximum Gasteiger partial charge on any atom is 0.219 e. The van der Waals surface area contributed by atoms with Crippen molar-refractivity contribution in [3.63, 3.8) is 0 Å². The van der Waals surface area contributed by atoms with Gasteiger partial charge in [-0.05, 0) is 43.5 Å². The fourth-order valence-electron chi connectivity index (χ4n) is 2.03. The number of fused-ring (bicyclic) bond motifs is 1. The molecule has 1 aromatic heterocycles. The highest BCUT2D eigenvalue weighted by atomic mass is 16.1. The van der Waals surface area contributed by atoms with Crippen molar-refractivity contribution in [2.45, 2.75) is 33.2 Å². The van der Waals surface area contributed by atoms with Gasteiger partial charge in [-0.25, -0.2) is 4.98 Å². The lowest BCUT2D eigenvalue weighted by Crippen LogP contribution is -2.17. The topological polar surface area (TPSA) is 46.9 Å². The number of aromatic nitrogens is 2. The zero-order valence-corrected chi connectivity index (χ0v) is 11.2. The molecular weight excluding hydrogens is 226 g/mol. The van der Waals surface area contributed by atoms with Crippen LogP contribution in [0.25, 0.3) is 11.0 Å². The van der Waals surface area contributed by atoms with Gasteiger partial charge in [0.15, 0.2) is 0 Å². The molecule has 2 aromatic rings. The van der Waals surface area contributed by atoms with Crippen LogP contribution in [0.4, 0.5) is 0 Å². The van der Waals surface area contributed by atoms with E-state index in [1.165, 1.54) is 11.1 Å². The van der Waals surface area contributed by atoms with Crippen LogP contribution in [0, 0.1) is 13.8 Å². The van der Waals surface area contributed by atoms with Gasteiger partial charge in [0.05, 0.1) is 17.4 Å². The highest BCUT2D eigenvalue weighted by molar-refractivity contribution is 5.77. The predicted octanol–water partition coefficient (Wildman–Crippen LogP) is 2.18. The lowest BCUT2D eigenvalue weighted by atomic mass is 10.1. The Hall–Kier alpha value is -1.84. The van der Waals surface area contributed by atoms with Crippen molar-refractivity contribution in [3.05, 3.63) is 29.6 Å². The number of carbonyl (C=O) groups excluding carboxylic acids is 1. The third-order valence-electron chi connectivity index (χ3n) is 3.32. The standard InChI is InChI=1S/C14H19N3O/c1-10-7-12-13(8-11(10)2)17(9-16-12)6-4-5-14(18)15-3/h7-9H,4-6H2,1-3H3,(H,15,18). The predicted molar refractivity (Wildman–Crippen MR) is 72.5 cm³/mol. The Balaban J connectivity index is 2.14. The summed E-state index contributed by atoms with van der Waals surface area (Å²) in [4.78, 5) is 15.6. The molecule has 2 rings (SSSR count). The average molecular weight is 245 g/mol. The quantitative estimate of drug-likeness (QED) is 0.897.